The Bertz CT molecular complexity index is 1160. The van der Waals surface area contributed by atoms with Gasteiger partial charge >= 0.3 is 0 Å². The number of carbonyl (C=O) groups excluding carboxylic acids is 1. The molecule has 2 aromatic rings. The third-order valence-electron chi connectivity index (χ3n) is 5.70. The third-order valence-corrected chi connectivity index (χ3v) is 6.31. The molecule has 11 heteroatoms. The van der Waals surface area contributed by atoms with Crippen molar-refractivity contribution < 1.29 is 36.6 Å². The second kappa shape index (κ2) is 9.24. The second-order valence-corrected chi connectivity index (χ2v) is 10.00. The Morgan fingerprint density at radius 3 is 2.73 bits per heavy atom. The van der Waals surface area contributed by atoms with Crippen molar-refractivity contribution >= 4 is 21.6 Å². The number of hydrogen-bond donors (Lipinski definition) is 3. The van der Waals surface area contributed by atoms with Crippen LogP contribution in [0, 0.1) is 11.6 Å². The van der Waals surface area contributed by atoms with Gasteiger partial charge in [-0.2, -0.15) is 0 Å². The number of anilines is 1. The Balaban J connectivity index is 1.44. The number of benzene rings is 2. The molecule has 0 unspecified atom stereocenters. The van der Waals surface area contributed by atoms with E-state index in [1.165, 1.54) is 0 Å². The van der Waals surface area contributed by atoms with Crippen LogP contribution in [-0.4, -0.2) is 50.6 Å². The first-order valence-corrected chi connectivity index (χ1v) is 12.3. The highest BCUT2D eigenvalue weighted by molar-refractivity contribution is 7.92. The highest BCUT2D eigenvalue weighted by Crippen LogP contribution is 2.47. The summed E-state index contributed by atoms with van der Waals surface area (Å²) in [7, 11) is -3.46. The molecule has 2 aromatic carbocycles. The summed E-state index contributed by atoms with van der Waals surface area (Å²) in [5, 5.41) is 12.4. The molecule has 0 aliphatic carbocycles. The molecule has 2 aliphatic rings. The summed E-state index contributed by atoms with van der Waals surface area (Å²) < 4.78 is 64.5. The van der Waals surface area contributed by atoms with E-state index in [4.69, 9.17) is 9.47 Å². The average Bonchev–Trinajstić information content (AvgIpc) is 3.10. The number of aliphatic hydroxyl groups excluding tert-OH is 1. The van der Waals surface area contributed by atoms with Crippen LogP contribution in [-0.2, 0) is 26.1 Å². The van der Waals surface area contributed by atoms with Crippen molar-refractivity contribution in [3.05, 3.63) is 59.2 Å². The fraction of sp³-hybridized carbons (Fsp3) is 0.409. The topological polar surface area (TPSA) is 114 Å². The summed E-state index contributed by atoms with van der Waals surface area (Å²) in [6.07, 6.45) is -0.298. The quantitative estimate of drug-likeness (QED) is 0.557. The van der Waals surface area contributed by atoms with Crippen molar-refractivity contribution in [1.82, 2.24) is 5.32 Å². The molecule has 1 fully saturated rings. The summed E-state index contributed by atoms with van der Waals surface area (Å²) >= 11 is 0. The molecule has 4 atom stereocenters. The van der Waals surface area contributed by atoms with E-state index < -0.39 is 45.9 Å². The maximum absolute atomic E-state index is 13.8. The molecule has 2 heterocycles. The maximum atomic E-state index is 13.8. The molecule has 178 valence electrons. The number of carbonyl (C=O) groups is 1. The average molecular weight is 483 g/mol. The molecule has 0 aromatic heterocycles. The van der Waals surface area contributed by atoms with E-state index in [0.29, 0.717) is 17.9 Å². The first kappa shape index (κ1) is 23.4. The van der Waals surface area contributed by atoms with E-state index in [1.54, 1.807) is 18.2 Å². The minimum Gasteiger partial charge on any atom is -0.487 e. The Kier molecular flexibility index (Phi) is 6.55. The molecule has 3 N–H and O–H groups in total. The number of amides is 1. The van der Waals surface area contributed by atoms with E-state index in [1.807, 2.05) is 0 Å². The number of halogens is 2. The molecule has 33 heavy (non-hydrogen) atoms. The van der Waals surface area contributed by atoms with Crippen molar-refractivity contribution in [1.29, 1.82) is 0 Å². The van der Waals surface area contributed by atoms with Gasteiger partial charge in [0, 0.05) is 29.3 Å². The lowest BCUT2D eigenvalue weighted by atomic mass is 9.84. The molecular weight excluding hydrogens is 458 g/mol. The fourth-order valence-electron chi connectivity index (χ4n) is 4.32. The van der Waals surface area contributed by atoms with Crippen LogP contribution in [0.5, 0.6) is 5.75 Å². The van der Waals surface area contributed by atoms with Crippen LogP contribution in [0.3, 0.4) is 0 Å². The number of aliphatic hydroxyl groups is 1. The normalized spacial score (nSPS) is 23.9. The number of rotatable bonds is 7. The fourth-order valence-corrected chi connectivity index (χ4v) is 4.87. The molecule has 0 radical (unpaired) electrons. The van der Waals surface area contributed by atoms with Gasteiger partial charge in [-0.05, 0) is 42.8 Å². The minimum absolute atomic E-state index is 0.0326. The molecule has 1 amide bonds. The predicted molar refractivity (Wildman–Crippen MR) is 115 cm³/mol. The van der Waals surface area contributed by atoms with Gasteiger partial charge in [0.25, 0.3) is 0 Å². The number of nitrogens with one attached hydrogen (secondary N) is 2. The number of hydrogen-bond acceptors (Lipinski definition) is 6. The highest BCUT2D eigenvalue weighted by Gasteiger charge is 2.46. The lowest BCUT2D eigenvalue weighted by Gasteiger charge is -2.37. The number of sulfonamides is 1. The number of fused-ring (bicyclic) bond motifs is 3. The van der Waals surface area contributed by atoms with Crippen LogP contribution in [0.15, 0.2) is 36.4 Å². The monoisotopic (exact) mass is 482 g/mol. The maximum Gasteiger partial charge on any atom is 0.229 e. The highest BCUT2D eigenvalue weighted by atomic mass is 32.2. The SMILES string of the molecule is CS(=O)(=O)Nc1ccc2c(c1)[C@@H]1C[C@H](CC(=O)NCc3cc(F)ccc3F)O[C@@H](CO)[C@@H]1O2. The molecule has 8 nitrogen and oxygen atoms in total. The van der Waals surface area contributed by atoms with Crippen LogP contribution >= 0.6 is 0 Å². The van der Waals surface area contributed by atoms with Crippen molar-refractivity contribution in [3.63, 3.8) is 0 Å². The Morgan fingerprint density at radius 1 is 1.21 bits per heavy atom. The summed E-state index contributed by atoms with van der Waals surface area (Å²) in [6, 6.07) is 7.95. The van der Waals surface area contributed by atoms with E-state index in [-0.39, 0.29) is 31.1 Å². The summed E-state index contributed by atoms with van der Waals surface area (Å²) in [4.78, 5) is 12.4. The Labute approximate surface area is 190 Å². The zero-order valence-corrected chi connectivity index (χ0v) is 18.6. The van der Waals surface area contributed by atoms with Crippen LogP contribution in [0.1, 0.15) is 29.9 Å². The molecule has 2 aliphatic heterocycles. The minimum atomic E-state index is -3.46. The van der Waals surface area contributed by atoms with Crippen molar-refractivity contribution in [2.45, 2.75) is 43.6 Å². The van der Waals surface area contributed by atoms with Gasteiger partial charge in [0.05, 0.1) is 25.4 Å². The van der Waals surface area contributed by atoms with Crippen LogP contribution in [0.4, 0.5) is 14.5 Å². The van der Waals surface area contributed by atoms with Gasteiger partial charge in [0.2, 0.25) is 15.9 Å². The summed E-state index contributed by atoms with van der Waals surface area (Å²) in [5.74, 6) is -1.28. The van der Waals surface area contributed by atoms with Crippen molar-refractivity contribution in [3.8, 4) is 5.75 Å². The van der Waals surface area contributed by atoms with Gasteiger partial charge in [-0.15, -0.1) is 0 Å². The van der Waals surface area contributed by atoms with Gasteiger partial charge in [-0.3, -0.25) is 9.52 Å². The van der Waals surface area contributed by atoms with Crippen LogP contribution < -0.4 is 14.8 Å². The Morgan fingerprint density at radius 2 is 2.00 bits per heavy atom. The first-order chi connectivity index (χ1) is 15.6. The van der Waals surface area contributed by atoms with E-state index >= 15 is 0 Å². The second-order valence-electron chi connectivity index (χ2n) is 8.25. The molecule has 4 rings (SSSR count). The molecule has 0 spiro atoms. The standard InChI is InChI=1S/C22H24F2N2O6S/c1-33(29,30)26-14-3-5-19-16(7-14)17-8-15(31-20(11-27)22(17)32-19)9-21(28)25-10-12-6-13(23)2-4-18(12)24/h2-7,15,17,20,22,26-27H,8-11H2,1H3,(H,25,28)/t15-,17+,20+,22-/m1/s1. The summed E-state index contributed by atoms with van der Waals surface area (Å²) in [6.45, 7) is -0.493. The van der Waals surface area contributed by atoms with Crippen LogP contribution in [0.2, 0.25) is 0 Å². The molecule has 0 bridgehead atoms. The van der Waals surface area contributed by atoms with E-state index in [2.05, 4.69) is 10.0 Å². The first-order valence-electron chi connectivity index (χ1n) is 10.4. The van der Waals surface area contributed by atoms with E-state index in [0.717, 1.165) is 30.0 Å². The third kappa shape index (κ3) is 5.43. The van der Waals surface area contributed by atoms with Gasteiger partial charge < -0.3 is 19.9 Å². The predicted octanol–water partition coefficient (Wildman–Crippen LogP) is 2.04. The Hall–Kier alpha value is -2.76. The molecule has 0 saturated carbocycles. The summed E-state index contributed by atoms with van der Waals surface area (Å²) in [5.41, 5.74) is 1.19. The zero-order chi connectivity index (χ0) is 23.8. The number of ether oxygens (including phenoxy) is 2. The van der Waals surface area contributed by atoms with Gasteiger partial charge in [-0.1, -0.05) is 0 Å². The molecular formula is C22H24F2N2O6S. The van der Waals surface area contributed by atoms with Crippen molar-refractivity contribution in [2.75, 3.05) is 17.6 Å². The smallest absolute Gasteiger partial charge is 0.229 e. The lowest BCUT2D eigenvalue weighted by molar-refractivity contribution is -0.142. The lowest BCUT2D eigenvalue weighted by Crippen LogP contribution is -2.47. The van der Waals surface area contributed by atoms with Crippen molar-refractivity contribution in [2.24, 2.45) is 0 Å². The molecule has 1 saturated heterocycles. The zero-order valence-electron chi connectivity index (χ0n) is 17.8. The van der Waals surface area contributed by atoms with Gasteiger partial charge in [0.1, 0.15) is 29.6 Å². The largest absolute Gasteiger partial charge is 0.487 e. The van der Waals surface area contributed by atoms with E-state index in [9.17, 15) is 27.1 Å². The van der Waals surface area contributed by atoms with Gasteiger partial charge in [-0.25, -0.2) is 17.2 Å². The van der Waals surface area contributed by atoms with Crippen LogP contribution in [0.25, 0.3) is 0 Å². The van der Waals surface area contributed by atoms with Gasteiger partial charge in [0.15, 0.2) is 0 Å².